The van der Waals surface area contributed by atoms with Crippen LogP contribution in [0.25, 0.3) is 0 Å². The molecule has 1 atom stereocenters. The van der Waals surface area contributed by atoms with Crippen molar-refractivity contribution in [1.82, 2.24) is 0 Å². The van der Waals surface area contributed by atoms with Crippen LogP contribution in [0.2, 0.25) is 0 Å². The maximum absolute atomic E-state index is 12.1. The van der Waals surface area contributed by atoms with Gasteiger partial charge in [0.2, 0.25) is 0 Å². The van der Waals surface area contributed by atoms with Gasteiger partial charge in [-0.25, -0.2) is 0 Å². The fraction of sp³-hybridized carbons (Fsp3) is 0.947. The van der Waals surface area contributed by atoms with Gasteiger partial charge in [0.05, 0.1) is 6.61 Å². The van der Waals surface area contributed by atoms with Crippen LogP contribution in [0.5, 0.6) is 0 Å². The van der Waals surface area contributed by atoms with Crippen molar-refractivity contribution in [1.29, 1.82) is 0 Å². The van der Waals surface area contributed by atoms with Crippen LogP contribution in [0.15, 0.2) is 0 Å². The van der Waals surface area contributed by atoms with E-state index in [2.05, 4.69) is 13.8 Å². The lowest BCUT2D eigenvalue weighted by molar-refractivity contribution is -0.161. The number of ether oxygens (including phenoxy) is 2. The van der Waals surface area contributed by atoms with Gasteiger partial charge < -0.3 is 14.6 Å². The second kappa shape index (κ2) is 35.4. The molecule has 0 aromatic heterocycles. The van der Waals surface area contributed by atoms with E-state index in [1.165, 1.54) is 154 Å². The minimum Gasteiger partial charge on any atom is -0.462 e. The van der Waals surface area contributed by atoms with Crippen LogP contribution >= 0.6 is 0 Å². The molecule has 0 aliphatic heterocycles. The van der Waals surface area contributed by atoms with E-state index >= 15 is 0 Å². The third-order valence-electron chi connectivity index (χ3n) is 8.65. The smallest absolute Gasteiger partial charge is 0.306 e. The Bertz CT molecular complexity index is 579. The number of hydrogen-bond donors (Lipinski definition) is 1. The molecule has 0 rings (SSSR count). The Balaban J connectivity index is 3.49. The highest BCUT2D eigenvalue weighted by atomic mass is 16.6. The zero-order valence-electron chi connectivity index (χ0n) is 29.0. The third-order valence-corrected chi connectivity index (χ3v) is 8.65. The number of esters is 2. The van der Waals surface area contributed by atoms with Crippen molar-refractivity contribution in [2.75, 3.05) is 13.2 Å². The van der Waals surface area contributed by atoms with Crippen molar-refractivity contribution in [2.45, 2.75) is 219 Å². The molecule has 0 amide bonds. The maximum Gasteiger partial charge on any atom is 0.306 e. The first kappa shape index (κ1) is 41.9. The Hall–Kier alpha value is -1.10. The van der Waals surface area contributed by atoms with Crippen molar-refractivity contribution in [3.05, 3.63) is 0 Å². The molecule has 0 bridgehead atoms. The lowest BCUT2D eigenvalue weighted by Crippen LogP contribution is -2.28. The van der Waals surface area contributed by atoms with Gasteiger partial charge in [-0.05, 0) is 12.8 Å². The summed E-state index contributed by atoms with van der Waals surface area (Å²) < 4.78 is 10.6. The van der Waals surface area contributed by atoms with Crippen LogP contribution < -0.4 is 0 Å². The van der Waals surface area contributed by atoms with Gasteiger partial charge in [0.1, 0.15) is 6.61 Å². The molecule has 0 aromatic rings. The Morgan fingerprint density at radius 2 is 0.721 bits per heavy atom. The zero-order chi connectivity index (χ0) is 31.5. The Labute approximate surface area is 268 Å². The van der Waals surface area contributed by atoms with E-state index in [0.29, 0.717) is 12.8 Å². The molecule has 43 heavy (non-hydrogen) atoms. The molecular formula is C38H74O5. The summed E-state index contributed by atoms with van der Waals surface area (Å²) in [6.07, 6.45) is 37.3. The van der Waals surface area contributed by atoms with Gasteiger partial charge >= 0.3 is 11.9 Å². The highest BCUT2D eigenvalue weighted by Gasteiger charge is 2.16. The predicted molar refractivity (Wildman–Crippen MR) is 182 cm³/mol. The Kier molecular flexibility index (Phi) is 34.5. The van der Waals surface area contributed by atoms with E-state index in [1.807, 2.05) is 0 Å². The second-order valence-corrected chi connectivity index (χ2v) is 13.0. The molecule has 256 valence electrons. The van der Waals surface area contributed by atoms with E-state index in [9.17, 15) is 14.7 Å². The fourth-order valence-corrected chi connectivity index (χ4v) is 5.73. The standard InChI is InChI=1S/C38H74O5/c1-3-5-7-9-11-13-15-17-18-19-20-21-23-24-26-28-30-32-37(40)42-35-36(34-39)43-38(41)33-31-29-27-25-22-16-14-12-10-8-6-4-2/h36,39H,3-35H2,1-2H3. The van der Waals surface area contributed by atoms with Gasteiger partial charge in [-0.15, -0.1) is 0 Å². The van der Waals surface area contributed by atoms with Gasteiger partial charge in [-0.2, -0.15) is 0 Å². The molecule has 0 aliphatic rings. The normalized spacial score (nSPS) is 12.0. The van der Waals surface area contributed by atoms with Crippen molar-refractivity contribution in [3.63, 3.8) is 0 Å². The molecule has 5 heteroatoms. The summed E-state index contributed by atoms with van der Waals surface area (Å²) in [5.41, 5.74) is 0. The van der Waals surface area contributed by atoms with Crippen LogP contribution in [0, 0.1) is 0 Å². The zero-order valence-corrected chi connectivity index (χ0v) is 29.0. The highest BCUT2D eigenvalue weighted by molar-refractivity contribution is 5.70. The van der Waals surface area contributed by atoms with Crippen LogP contribution in [-0.4, -0.2) is 36.4 Å². The first-order valence-electron chi connectivity index (χ1n) is 19.1. The molecule has 0 saturated heterocycles. The molecule has 0 saturated carbocycles. The van der Waals surface area contributed by atoms with E-state index in [1.54, 1.807) is 0 Å². The summed E-state index contributed by atoms with van der Waals surface area (Å²) in [6.45, 7) is 4.15. The molecule has 0 aromatic carbocycles. The average Bonchev–Trinajstić information content (AvgIpc) is 3.01. The highest BCUT2D eigenvalue weighted by Crippen LogP contribution is 2.15. The number of unbranched alkanes of at least 4 members (excludes halogenated alkanes) is 27. The SMILES string of the molecule is CCCCCCCCCCCCCCCCCCCC(=O)OCC(CO)OC(=O)CCCCCCCCCCCCCC. The molecule has 0 aliphatic carbocycles. The molecule has 0 heterocycles. The summed E-state index contributed by atoms with van der Waals surface area (Å²) in [4.78, 5) is 24.2. The molecule has 1 N–H and O–H groups in total. The summed E-state index contributed by atoms with van der Waals surface area (Å²) in [6, 6.07) is 0. The number of aliphatic hydroxyl groups excluding tert-OH is 1. The predicted octanol–water partition coefficient (Wildman–Crippen LogP) is 11.6. The van der Waals surface area contributed by atoms with Gasteiger partial charge in [0.25, 0.3) is 0 Å². The monoisotopic (exact) mass is 611 g/mol. The minimum absolute atomic E-state index is 0.0571. The van der Waals surface area contributed by atoms with Gasteiger partial charge in [0.15, 0.2) is 6.10 Å². The largest absolute Gasteiger partial charge is 0.462 e. The minimum atomic E-state index is -0.760. The summed E-state index contributed by atoms with van der Waals surface area (Å²) in [7, 11) is 0. The van der Waals surface area contributed by atoms with E-state index in [-0.39, 0.29) is 25.2 Å². The quantitative estimate of drug-likeness (QED) is 0.0571. The van der Waals surface area contributed by atoms with E-state index in [0.717, 1.165) is 32.1 Å². The first-order valence-corrected chi connectivity index (χ1v) is 19.1. The first-order chi connectivity index (χ1) is 21.1. The third kappa shape index (κ3) is 33.6. The molecule has 1 unspecified atom stereocenters. The lowest BCUT2D eigenvalue weighted by Gasteiger charge is -2.15. The van der Waals surface area contributed by atoms with Crippen molar-refractivity contribution >= 4 is 11.9 Å². The van der Waals surface area contributed by atoms with Gasteiger partial charge in [-0.1, -0.05) is 187 Å². The molecule has 0 spiro atoms. The van der Waals surface area contributed by atoms with E-state index in [4.69, 9.17) is 9.47 Å². The van der Waals surface area contributed by atoms with Crippen LogP contribution in [0.3, 0.4) is 0 Å². The average molecular weight is 611 g/mol. The Morgan fingerprint density at radius 3 is 1.02 bits per heavy atom. The molecular weight excluding hydrogens is 536 g/mol. The van der Waals surface area contributed by atoms with Gasteiger partial charge in [0, 0.05) is 12.8 Å². The van der Waals surface area contributed by atoms with Gasteiger partial charge in [-0.3, -0.25) is 9.59 Å². The molecule has 5 nitrogen and oxygen atoms in total. The number of carbonyl (C=O) groups is 2. The molecule has 0 radical (unpaired) electrons. The number of aliphatic hydroxyl groups is 1. The van der Waals surface area contributed by atoms with Crippen LogP contribution in [-0.2, 0) is 19.1 Å². The fourth-order valence-electron chi connectivity index (χ4n) is 5.73. The van der Waals surface area contributed by atoms with Crippen molar-refractivity contribution < 1.29 is 24.2 Å². The number of carbonyl (C=O) groups excluding carboxylic acids is 2. The summed E-state index contributed by atoms with van der Waals surface area (Å²) >= 11 is 0. The lowest BCUT2D eigenvalue weighted by atomic mass is 10.0. The van der Waals surface area contributed by atoms with E-state index < -0.39 is 6.10 Å². The molecule has 0 fully saturated rings. The number of hydrogen-bond acceptors (Lipinski definition) is 5. The maximum atomic E-state index is 12.1. The second-order valence-electron chi connectivity index (χ2n) is 13.0. The van der Waals surface area contributed by atoms with Crippen LogP contribution in [0.1, 0.15) is 213 Å². The summed E-state index contributed by atoms with van der Waals surface area (Å²) in [5.74, 6) is -0.577. The number of rotatable bonds is 35. The summed E-state index contributed by atoms with van der Waals surface area (Å²) in [5, 5.41) is 9.52. The van der Waals surface area contributed by atoms with Crippen molar-refractivity contribution in [3.8, 4) is 0 Å². The Morgan fingerprint density at radius 1 is 0.442 bits per heavy atom. The topological polar surface area (TPSA) is 72.8 Å². The van der Waals surface area contributed by atoms with Crippen LogP contribution in [0.4, 0.5) is 0 Å². The van der Waals surface area contributed by atoms with Crippen molar-refractivity contribution in [2.24, 2.45) is 0 Å².